The predicted octanol–water partition coefficient (Wildman–Crippen LogP) is 0.874. The van der Waals surface area contributed by atoms with E-state index in [-0.39, 0.29) is 12.6 Å². The van der Waals surface area contributed by atoms with Gasteiger partial charge in [-0.25, -0.2) is 5.48 Å². The second-order valence-corrected chi connectivity index (χ2v) is 3.22. The van der Waals surface area contributed by atoms with E-state index >= 15 is 0 Å². The number of aromatic nitrogens is 1. The summed E-state index contributed by atoms with van der Waals surface area (Å²) >= 11 is 0. The van der Waals surface area contributed by atoms with Crippen LogP contribution in [0.5, 0.6) is 0 Å². The van der Waals surface area contributed by atoms with E-state index in [1.54, 1.807) is 6.07 Å². The molecular weight excluding hydrogens is 180 g/mol. The summed E-state index contributed by atoms with van der Waals surface area (Å²) in [4.78, 5) is 4.23. The second kappa shape index (κ2) is 5.70. The lowest BCUT2D eigenvalue weighted by molar-refractivity contribution is 0.123. The molecule has 0 amide bonds. The first-order chi connectivity index (χ1) is 6.80. The molecule has 4 heteroatoms. The quantitative estimate of drug-likeness (QED) is 0.611. The molecule has 0 spiro atoms. The highest BCUT2D eigenvalue weighted by Gasteiger charge is 2.06. The van der Waals surface area contributed by atoms with Gasteiger partial charge in [0.1, 0.15) is 0 Å². The van der Waals surface area contributed by atoms with Crippen LogP contribution in [-0.2, 0) is 13.0 Å². The summed E-state index contributed by atoms with van der Waals surface area (Å²) in [7, 11) is 0. The molecule has 1 aromatic heterocycles. The Kier molecular flexibility index (Phi) is 4.52. The minimum atomic E-state index is -0.0445. The van der Waals surface area contributed by atoms with Crippen LogP contribution < -0.4 is 5.48 Å². The Labute approximate surface area is 83.6 Å². The minimum absolute atomic E-state index is 0.0245. The third-order valence-corrected chi connectivity index (χ3v) is 2.16. The fraction of sp³-hybridized carbons (Fsp3) is 0.500. The standard InChI is InChI=1S/C10H16N2O2/c1-2-8(12-14)6-9-4-3-5-10(7-13)11-9/h3-5,8,12-14H,2,6-7H2,1H3. The Hall–Kier alpha value is -0.970. The lowest BCUT2D eigenvalue weighted by atomic mass is 10.1. The van der Waals surface area contributed by atoms with E-state index in [0.29, 0.717) is 12.1 Å². The van der Waals surface area contributed by atoms with E-state index in [1.165, 1.54) is 0 Å². The summed E-state index contributed by atoms with van der Waals surface area (Å²) in [5.74, 6) is 0. The maximum Gasteiger partial charge on any atom is 0.0853 e. The molecule has 0 saturated carbocycles. The van der Waals surface area contributed by atoms with Gasteiger partial charge < -0.3 is 10.3 Å². The summed E-state index contributed by atoms with van der Waals surface area (Å²) in [5, 5.41) is 17.7. The van der Waals surface area contributed by atoms with Gasteiger partial charge >= 0.3 is 0 Å². The van der Waals surface area contributed by atoms with Gasteiger partial charge in [-0.1, -0.05) is 13.0 Å². The SMILES string of the molecule is CCC(Cc1cccc(CO)n1)NO. The van der Waals surface area contributed by atoms with Crippen molar-refractivity contribution >= 4 is 0 Å². The lowest BCUT2D eigenvalue weighted by Gasteiger charge is -2.11. The molecule has 0 aliphatic carbocycles. The number of pyridine rings is 1. The fourth-order valence-corrected chi connectivity index (χ4v) is 1.26. The number of hydrogen-bond acceptors (Lipinski definition) is 4. The van der Waals surface area contributed by atoms with E-state index in [0.717, 1.165) is 12.1 Å². The van der Waals surface area contributed by atoms with Crippen molar-refractivity contribution in [3.8, 4) is 0 Å². The van der Waals surface area contributed by atoms with Crippen LogP contribution >= 0.6 is 0 Å². The van der Waals surface area contributed by atoms with E-state index in [1.807, 2.05) is 19.1 Å². The van der Waals surface area contributed by atoms with Gasteiger partial charge in [0.25, 0.3) is 0 Å². The molecule has 1 unspecified atom stereocenters. The first-order valence-corrected chi connectivity index (χ1v) is 4.75. The first kappa shape index (κ1) is 11.1. The Morgan fingerprint density at radius 3 is 2.71 bits per heavy atom. The molecule has 1 heterocycles. The molecule has 78 valence electrons. The van der Waals surface area contributed by atoms with Gasteiger partial charge in [0.05, 0.1) is 12.3 Å². The Balaban J connectivity index is 2.65. The van der Waals surface area contributed by atoms with Crippen molar-refractivity contribution in [3.05, 3.63) is 29.6 Å². The van der Waals surface area contributed by atoms with Gasteiger partial charge in [-0.2, -0.15) is 0 Å². The van der Waals surface area contributed by atoms with Crippen LogP contribution in [0, 0.1) is 0 Å². The third-order valence-electron chi connectivity index (χ3n) is 2.16. The van der Waals surface area contributed by atoms with Gasteiger partial charge in [0.2, 0.25) is 0 Å². The van der Waals surface area contributed by atoms with Crippen molar-refractivity contribution < 1.29 is 10.3 Å². The number of nitrogens with zero attached hydrogens (tertiary/aromatic N) is 1. The highest BCUT2D eigenvalue weighted by molar-refractivity contribution is 5.11. The lowest BCUT2D eigenvalue weighted by Crippen LogP contribution is -2.27. The van der Waals surface area contributed by atoms with Crippen LogP contribution in [0.4, 0.5) is 0 Å². The maximum absolute atomic E-state index is 8.88. The molecule has 0 aliphatic rings. The van der Waals surface area contributed by atoms with Crippen LogP contribution in [0.3, 0.4) is 0 Å². The van der Waals surface area contributed by atoms with Crippen molar-refractivity contribution in [3.63, 3.8) is 0 Å². The monoisotopic (exact) mass is 196 g/mol. The van der Waals surface area contributed by atoms with Gasteiger partial charge in [-0.3, -0.25) is 4.98 Å². The Morgan fingerprint density at radius 2 is 2.14 bits per heavy atom. The highest BCUT2D eigenvalue weighted by atomic mass is 16.5. The molecule has 1 rings (SSSR count). The largest absolute Gasteiger partial charge is 0.390 e. The van der Waals surface area contributed by atoms with Gasteiger partial charge in [-0.15, -0.1) is 0 Å². The number of aliphatic hydroxyl groups is 1. The summed E-state index contributed by atoms with van der Waals surface area (Å²) in [6, 6.07) is 5.55. The Morgan fingerprint density at radius 1 is 1.43 bits per heavy atom. The molecule has 0 fully saturated rings. The normalized spacial score (nSPS) is 12.8. The molecule has 3 N–H and O–H groups in total. The third kappa shape index (κ3) is 3.06. The number of hydrogen-bond donors (Lipinski definition) is 3. The number of nitrogens with one attached hydrogen (secondary N) is 1. The fourth-order valence-electron chi connectivity index (χ4n) is 1.26. The van der Waals surface area contributed by atoms with E-state index in [9.17, 15) is 0 Å². The number of aliphatic hydroxyl groups excluding tert-OH is 1. The molecule has 1 aromatic rings. The van der Waals surface area contributed by atoms with Gasteiger partial charge in [0, 0.05) is 18.2 Å². The Bertz CT molecular complexity index is 275. The average molecular weight is 196 g/mol. The smallest absolute Gasteiger partial charge is 0.0853 e. The zero-order valence-corrected chi connectivity index (χ0v) is 8.27. The first-order valence-electron chi connectivity index (χ1n) is 4.75. The van der Waals surface area contributed by atoms with Crippen LogP contribution in [0.25, 0.3) is 0 Å². The molecule has 1 atom stereocenters. The average Bonchev–Trinajstić information content (AvgIpc) is 2.26. The highest BCUT2D eigenvalue weighted by Crippen LogP contribution is 2.04. The topological polar surface area (TPSA) is 65.4 Å². The summed E-state index contributed by atoms with van der Waals surface area (Å²) in [6.07, 6.45) is 1.50. The predicted molar refractivity (Wildman–Crippen MR) is 52.9 cm³/mol. The molecule has 0 saturated heterocycles. The van der Waals surface area contributed by atoms with Gasteiger partial charge in [0.15, 0.2) is 0 Å². The van der Waals surface area contributed by atoms with Crippen LogP contribution in [0.15, 0.2) is 18.2 Å². The van der Waals surface area contributed by atoms with Crippen molar-refractivity contribution in [1.29, 1.82) is 0 Å². The molecule has 0 aliphatic heterocycles. The summed E-state index contributed by atoms with van der Waals surface area (Å²) < 4.78 is 0. The maximum atomic E-state index is 8.88. The molecule has 0 radical (unpaired) electrons. The molecule has 0 bridgehead atoms. The van der Waals surface area contributed by atoms with Crippen molar-refractivity contribution in [2.24, 2.45) is 0 Å². The molecule has 14 heavy (non-hydrogen) atoms. The number of hydroxylamine groups is 1. The van der Waals surface area contributed by atoms with Crippen LogP contribution in [-0.4, -0.2) is 21.3 Å². The number of rotatable bonds is 5. The van der Waals surface area contributed by atoms with E-state index in [2.05, 4.69) is 10.5 Å². The second-order valence-electron chi connectivity index (χ2n) is 3.22. The van der Waals surface area contributed by atoms with Crippen LogP contribution in [0.2, 0.25) is 0 Å². The van der Waals surface area contributed by atoms with Gasteiger partial charge in [-0.05, 0) is 18.6 Å². The minimum Gasteiger partial charge on any atom is -0.390 e. The molecule has 4 nitrogen and oxygen atoms in total. The van der Waals surface area contributed by atoms with Crippen molar-refractivity contribution in [1.82, 2.24) is 10.5 Å². The van der Waals surface area contributed by atoms with E-state index < -0.39 is 0 Å². The zero-order chi connectivity index (χ0) is 10.4. The summed E-state index contributed by atoms with van der Waals surface area (Å²) in [5.41, 5.74) is 3.78. The van der Waals surface area contributed by atoms with Crippen LogP contribution in [0.1, 0.15) is 24.7 Å². The molecular formula is C10H16N2O2. The van der Waals surface area contributed by atoms with Crippen molar-refractivity contribution in [2.75, 3.05) is 0 Å². The molecule has 0 aromatic carbocycles. The van der Waals surface area contributed by atoms with E-state index in [4.69, 9.17) is 10.3 Å². The zero-order valence-electron chi connectivity index (χ0n) is 8.27. The van der Waals surface area contributed by atoms with Crippen molar-refractivity contribution in [2.45, 2.75) is 32.4 Å². The summed E-state index contributed by atoms with van der Waals surface area (Å²) in [6.45, 7) is 1.95.